The molecule has 0 aromatic heterocycles. The van der Waals surface area contributed by atoms with Gasteiger partial charge in [-0.3, -0.25) is 0 Å². The van der Waals surface area contributed by atoms with Gasteiger partial charge in [0.15, 0.2) is 0 Å². The van der Waals surface area contributed by atoms with Gasteiger partial charge < -0.3 is 19.9 Å². The van der Waals surface area contributed by atoms with E-state index in [9.17, 15) is 5.11 Å². The van der Waals surface area contributed by atoms with E-state index in [1.54, 1.807) is 14.2 Å². The van der Waals surface area contributed by atoms with Gasteiger partial charge in [-0.05, 0) is 31.0 Å². The summed E-state index contributed by atoms with van der Waals surface area (Å²) in [6.45, 7) is 4.53. The standard InChI is InChI=1S/C19H25NO3/c1-13-7-5-6-8-16(13)18(21)12-20-14(2)17-10-9-15(22-3)11-19(17)23-4/h5-11,14,18,20-21H,12H2,1-4H3. The quantitative estimate of drug-likeness (QED) is 0.822. The molecule has 2 aromatic carbocycles. The SMILES string of the molecule is COc1ccc(C(C)NCC(O)c2ccccc2C)c(OC)c1. The lowest BCUT2D eigenvalue weighted by molar-refractivity contribution is 0.170. The van der Waals surface area contributed by atoms with Crippen LogP contribution in [0, 0.1) is 6.92 Å². The van der Waals surface area contributed by atoms with E-state index in [-0.39, 0.29) is 6.04 Å². The van der Waals surface area contributed by atoms with Crippen molar-refractivity contribution < 1.29 is 14.6 Å². The molecule has 0 saturated heterocycles. The van der Waals surface area contributed by atoms with Crippen LogP contribution in [-0.4, -0.2) is 25.9 Å². The molecule has 124 valence electrons. The van der Waals surface area contributed by atoms with Crippen molar-refractivity contribution in [2.45, 2.75) is 26.0 Å². The number of benzene rings is 2. The first-order valence-corrected chi connectivity index (χ1v) is 7.75. The lowest BCUT2D eigenvalue weighted by Gasteiger charge is -2.21. The zero-order valence-corrected chi connectivity index (χ0v) is 14.2. The first-order chi connectivity index (χ1) is 11.1. The van der Waals surface area contributed by atoms with E-state index in [1.165, 1.54) is 0 Å². The van der Waals surface area contributed by atoms with Gasteiger partial charge in [0, 0.05) is 24.2 Å². The minimum atomic E-state index is -0.539. The minimum Gasteiger partial charge on any atom is -0.497 e. The Hall–Kier alpha value is -2.04. The lowest BCUT2D eigenvalue weighted by atomic mass is 10.0. The molecule has 23 heavy (non-hydrogen) atoms. The van der Waals surface area contributed by atoms with E-state index < -0.39 is 6.10 Å². The summed E-state index contributed by atoms with van der Waals surface area (Å²) in [7, 11) is 3.28. The van der Waals surface area contributed by atoms with E-state index in [1.807, 2.05) is 49.4 Å². The predicted molar refractivity (Wildman–Crippen MR) is 92.1 cm³/mol. The first-order valence-electron chi connectivity index (χ1n) is 7.75. The van der Waals surface area contributed by atoms with Crippen LogP contribution in [0.15, 0.2) is 42.5 Å². The van der Waals surface area contributed by atoms with Crippen LogP contribution >= 0.6 is 0 Å². The molecule has 4 nitrogen and oxygen atoms in total. The second-order valence-corrected chi connectivity index (χ2v) is 5.61. The third kappa shape index (κ3) is 4.24. The highest BCUT2D eigenvalue weighted by atomic mass is 16.5. The summed E-state index contributed by atoms with van der Waals surface area (Å²) in [5.41, 5.74) is 3.08. The zero-order valence-electron chi connectivity index (χ0n) is 14.2. The fraction of sp³-hybridized carbons (Fsp3) is 0.368. The van der Waals surface area contributed by atoms with Crippen LogP contribution in [0.3, 0.4) is 0 Å². The first kappa shape index (κ1) is 17.3. The van der Waals surface area contributed by atoms with Crippen LogP contribution in [-0.2, 0) is 0 Å². The van der Waals surface area contributed by atoms with Crippen molar-refractivity contribution in [1.82, 2.24) is 5.32 Å². The largest absolute Gasteiger partial charge is 0.497 e. The molecule has 2 N–H and O–H groups in total. The molecule has 0 heterocycles. The Balaban J connectivity index is 2.05. The third-order valence-electron chi connectivity index (χ3n) is 4.07. The number of aliphatic hydroxyl groups is 1. The van der Waals surface area contributed by atoms with E-state index in [2.05, 4.69) is 12.2 Å². The Morgan fingerprint density at radius 2 is 1.78 bits per heavy atom. The van der Waals surface area contributed by atoms with Gasteiger partial charge in [0.1, 0.15) is 11.5 Å². The number of methoxy groups -OCH3 is 2. The van der Waals surface area contributed by atoms with Crippen LogP contribution < -0.4 is 14.8 Å². The zero-order chi connectivity index (χ0) is 16.8. The average molecular weight is 315 g/mol. The molecule has 2 atom stereocenters. The molecule has 0 aliphatic carbocycles. The Labute approximate surface area is 138 Å². The van der Waals surface area contributed by atoms with Crippen molar-refractivity contribution in [1.29, 1.82) is 0 Å². The number of ether oxygens (including phenoxy) is 2. The molecule has 0 aliphatic heterocycles. The number of aliphatic hydroxyl groups excluding tert-OH is 1. The van der Waals surface area contributed by atoms with E-state index in [0.717, 1.165) is 28.2 Å². The maximum absolute atomic E-state index is 10.4. The summed E-state index contributed by atoms with van der Waals surface area (Å²) in [6, 6.07) is 13.7. The van der Waals surface area contributed by atoms with Gasteiger partial charge >= 0.3 is 0 Å². The Kier molecular flexibility index (Phi) is 6.02. The molecule has 2 rings (SSSR count). The van der Waals surface area contributed by atoms with Gasteiger partial charge in [0.2, 0.25) is 0 Å². The van der Waals surface area contributed by atoms with Gasteiger partial charge in [-0.25, -0.2) is 0 Å². The molecular weight excluding hydrogens is 290 g/mol. The van der Waals surface area contributed by atoms with Gasteiger partial charge in [0.25, 0.3) is 0 Å². The van der Waals surface area contributed by atoms with E-state index in [0.29, 0.717) is 6.54 Å². The van der Waals surface area contributed by atoms with Crippen molar-refractivity contribution in [3.63, 3.8) is 0 Å². The molecule has 0 saturated carbocycles. The summed E-state index contributed by atoms with van der Waals surface area (Å²) < 4.78 is 10.7. The van der Waals surface area contributed by atoms with Crippen molar-refractivity contribution in [3.05, 3.63) is 59.2 Å². The van der Waals surface area contributed by atoms with Crippen LogP contribution in [0.1, 0.15) is 35.8 Å². The highest BCUT2D eigenvalue weighted by Gasteiger charge is 2.15. The minimum absolute atomic E-state index is 0.0505. The van der Waals surface area contributed by atoms with Crippen molar-refractivity contribution >= 4 is 0 Å². The van der Waals surface area contributed by atoms with Crippen molar-refractivity contribution in [2.75, 3.05) is 20.8 Å². The smallest absolute Gasteiger partial charge is 0.127 e. The number of nitrogens with one attached hydrogen (secondary N) is 1. The maximum atomic E-state index is 10.4. The molecule has 0 aliphatic rings. The number of hydrogen-bond donors (Lipinski definition) is 2. The summed E-state index contributed by atoms with van der Waals surface area (Å²) >= 11 is 0. The van der Waals surface area contributed by atoms with Crippen molar-refractivity contribution in [3.8, 4) is 11.5 Å². The topological polar surface area (TPSA) is 50.7 Å². The molecule has 0 radical (unpaired) electrons. The molecule has 0 amide bonds. The predicted octanol–water partition coefficient (Wildman–Crippen LogP) is 3.40. The third-order valence-corrected chi connectivity index (χ3v) is 4.07. The van der Waals surface area contributed by atoms with Gasteiger partial charge in [-0.15, -0.1) is 0 Å². The van der Waals surface area contributed by atoms with Gasteiger partial charge in [0.05, 0.1) is 20.3 Å². The lowest BCUT2D eigenvalue weighted by Crippen LogP contribution is -2.25. The second-order valence-electron chi connectivity index (χ2n) is 5.61. The second kappa shape index (κ2) is 7.99. The Bertz CT molecular complexity index is 642. The molecule has 0 bridgehead atoms. The molecule has 2 aromatic rings. The summed E-state index contributed by atoms with van der Waals surface area (Å²) in [5.74, 6) is 1.53. The number of rotatable bonds is 7. The van der Waals surface area contributed by atoms with Gasteiger partial charge in [-0.2, -0.15) is 0 Å². The van der Waals surface area contributed by atoms with Crippen LogP contribution in [0.5, 0.6) is 11.5 Å². The number of aryl methyl sites for hydroxylation is 1. The summed E-state index contributed by atoms with van der Waals surface area (Å²) in [5, 5.41) is 13.8. The van der Waals surface area contributed by atoms with Crippen LogP contribution in [0.25, 0.3) is 0 Å². The monoisotopic (exact) mass is 315 g/mol. The molecule has 4 heteroatoms. The molecule has 0 spiro atoms. The van der Waals surface area contributed by atoms with Gasteiger partial charge in [-0.1, -0.05) is 30.3 Å². The normalized spacial score (nSPS) is 13.4. The Morgan fingerprint density at radius 1 is 1.04 bits per heavy atom. The maximum Gasteiger partial charge on any atom is 0.127 e. The fourth-order valence-electron chi connectivity index (χ4n) is 2.65. The molecule has 2 unspecified atom stereocenters. The fourth-order valence-corrected chi connectivity index (χ4v) is 2.65. The van der Waals surface area contributed by atoms with Crippen LogP contribution in [0.4, 0.5) is 0 Å². The number of hydrogen-bond acceptors (Lipinski definition) is 4. The van der Waals surface area contributed by atoms with Crippen molar-refractivity contribution in [2.24, 2.45) is 0 Å². The highest BCUT2D eigenvalue weighted by molar-refractivity contribution is 5.42. The summed E-state index contributed by atoms with van der Waals surface area (Å²) in [4.78, 5) is 0. The van der Waals surface area contributed by atoms with E-state index in [4.69, 9.17) is 9.47 Å². The van der Waals surface area contributed by atoms with Crippen LogP contribution in [0.2, 0.25) is 0 Å². The average Bonchev–Trinajstić information content (AvgIpc) is 2.59. The Morgan fingerprint density at radius 3 is 2.43 bits per heavy atom. The molecular formula is C19H25NO3. The van der Waals surface area contributed by atoms with E-state index >= 15 is 0 Å². The summed E-state index contributed by atoms with van der Waals surface area (Å²) in [6.07, 6.45) is -0.539. The highest BCUT2D eigenvalue weighted by Crippen LogP contribution is 2.29. The molecule has 0 fully saturated rings.